The van der Waals surface area contributed by atoms with Crippen molar-refractivity contribution in [1.29, 1.82) is 0 Å². The number of para-hydroxylation sites is 1. The highest BCUT2D eigenvalue weighted by Crippen LogP contribution is 2.20. The number of fused-ring (bicyclic) bond motifs is 1. The van der Waals surface area contributed by atoms with Crippen LogP contribution in [0.5, 0.6) is 0 Å². The Balaban J connectivity index is 2.26. The van der Waals surface area contributed by atoms with Crippen molar-refractivity contribution in [2.24, 2.45) is 7.05 Å². The number of allylic oxidation sites excluding steroid dienone is 2. The number of hydrogen-bond donors (Lipinski definition) is 0. The monoisotopic (exact) mass is 350 g/mol. The van der Waals surface area contributed by atoms with Crippen molar-refractivity contribution in [1.82, 2.24) is 9.13 Å². The molecule has 0 spiro atoms. The quantitative estimate of drug-likeness (QED) is 0.632. The molecule has 3 rings (SSSR count). The zero-order valence-electron chi connectivity index (χ0n) is 13.8. The first-order valence-corrected chi connectivity index (χ1v) is 8.06. The minimum atomic E-state index is -0.446. The SMILES string of the molecule is CC=CC#Cc1ccc(-n2c(=O)c3ccccc3n(C)c2=O)c(Cl)c1. The molecule has 0 fully saturated rings. The highest BCUT2D eigenvalue weighted by Gasteiger charge is 2.14. The van der Waals surface area contributed by atoms with Crippen LogP contribution in [0.4, 0.5) is 0 Å². The van der Waals surface area contributed by atoms with E-state index < -0.39 is 11.2 Å². The maximum absolute atomic E-state index is 12.8. The molecule has 0 saturated carbocycles. The molecule has 0 N–H and O–H groups in total. The molecule has 0 bridgehead atoms. The molecule has 0 aliphatic carbocycles. The van der Waals surface area contributed by atoms with Gasteiger partial charge in [0.25, 0.3) is 5.56 Å². The summed E-state index contributed by atoms with van der Waals surface area (Å²) in [6.45, 7) is 1.88. The topological polar surface area (TPSA) is 44.0 Å². The Morgan fingerprint density at radius 2 is 1.88 bits per heavy atom. The summed E-state index contributed by atoms with van der Waals surface area (Å²) in [5.41, 5.74) is 0.789. The molecule has 0 aliphatic rings. The van der Waals surface area contributed by atoms with Gasteiger partial charge < -0.3 is 0 Å². The van der Waals surface area contributed by atoms with Crippen LogP contribution in [-0.4, -0.2) is 9.13 Å². The molecule has 0 saturated heterocycles. The summed E-state index contributed by atoms with van der Waals surface area (Å²) < 4.78 is 2.53. The molecule has 0 radical (unpaired) electrons. The molecular weight excluding hydrogens is 336 g/mol. The number of rotatable bonds is 1. The van der Waals surface area contributed by atoms with Gasteiger partial charge in [0, 0.05) is 12.6 Å². The van der Waals surface area contributed by atoms with E-state index in [0.29, 0.717) is 27.2 Å². The summed E-state index contributed by atoms with van der Waals surface area (Å²) in [7, 11) is 1.63. The van der Waals surface area contributed by atoms with Crippen molar-refractivity contribution >= 4 is 22.5 Å². The van der Waals surface area contributed by atoms with Gasteiger partial charge in [-0.05, 0) is 43.3 Å². The molecule has 124 valence electrons. The van der Waals surface area contributed by atoms with E-state index in [-0.39, 0.29) is 0 Å². The summed E-state index contributed by atoms with van der Waals surface area (Å²) in [5, 5.41) is 0.749. The minimum absolute atomic E-state index is 0.293. The van der Waals surface area contributed by atoms with Crippen molar-refractivity contribution in [3.05, 3.63) is 86.0 Å². The van der Waals surface area contributed by atoms with Crippen LogP contribution < -0.4 is 11.2 Å². The largest absolute Gasteiger partial charge is 0.335 e. The van der Waals surface area contributed by atoms with Crippen LogP contribution in [0.15, 0.2) is 64.2 Å². The van der Waals surface area contributed by atoms with Gasteiger partial charge >= 0.3 is 5.69 Å². The summed E-state index contributed by atoms with van der Waals surface area (Å²) in [6.07, 6.45) is 3.56. The first kappa shape index (κ1) is 16.8. The first-order valence-electron chi connectivity index (χ1n) is 7.68. The summed E-state index contributed by atoms with van der Waals surface area (Å²) in [4.78, 5) is 25.5. The van der Waals surface area contributed by atoms with Gasteiger partial charge in [0.2, 0.25) is 0 Å². The van der Waals surface area contributed by atoms with Crippen LogP contribution in [-0.2, 0) is 7.05 Å². The normalized spacial score (nSPS) is 10.8. The van der Waals surface area contributed by atoms with Crippen molar-refractivity contribution < 1.29 is 0 Å². The lowest BCUT2D eigenvalue weighted by Gasteiger charge is -2.12. The second kappa shape index (κ2) is 6.84. The predicted molar refractivity (Wildman–Crippen MR) is 101 cm³/mol. The van der Waals surface area contributed by atoms with E-state index in [1.807, 2.05) is 13.0 Å². The molecule has 0 aliphatic heterocycles. The molecule has 1 aromatic heterocycles. The molecule has 4 nitrogen and oxygen atoms in total. The number of benzene rings is 2. The van der Waals surface area contributed by atoms with E-state index in [4.69, 9.17) is 11.6 Å². The molecular formula is C20H15ClN2O2. The summed E-state index contributed by atoms with van der Waals surface area (Å²) in [6, 6.07) is 12.0. The average molecular weight is 351 g/mol. The average Bonchev–Trinajstić information content (AvgIpc) is 2.62. The number of hydrogen-bond acceptors (Lipinski definition) is 2. The molecule has 0 atom stereocenters. The Bertz CT molecular complexity index is 1170. The third-order valence-corrected chi connectivity index (χ3v) is 4.13. The summed E-state index contributed by atoms with van der Waals surface area (Å²) >= 11 is 6.33. The molecule has 1 heterocycles. The van der Waals surface area contributed by atoms with E-state index >= 15 is 0 Å². The number of halogens is 1. The van der Waals surface area contributed by atoms with Gasteiger partial charge in [-0.1, -0.05) is 41.7 Å². The lowest BCUT2D eigenvalue weighted by molar-refractivity contribution is 0.774. The molecule has 25 heavy (non-hydrogen) atoms. The smallest absolute Gasteiger partial charge is 0.296 e. The fourth-order valence-electron chi connectivity index (χ4n) is 2.59. The van der Waals surface area contributed by atoms with Gasteiger partial charge in [-0.2, -0.15) is 0 Å². The Morgan fingerprint density at radius 3 is 2.60 bits per heavy atom. The highest BCUT2D eigenvalue weighted by molar-refractivity contribution is 6.32. The molecule has 0 amide bonds. The first-order chi connectivity index (χ1) is 12.0. The second-order valence-corrected chi connectivity index (χ2v) is 5.84. The molecule has 3 aromatic rings. The van der Waals surface area contributed by atoms with Crippen LogP contribution in [0.3, 0.4) is 0 Å². The van der Waals surface area contributed by atoms with Crippen LogP contribution in [0.1, 0.15) is 12.5 Å². The Hall–Kier alpha value is -3.03. The van der Waals surface area contributed by atoms with Crippen LogP contribution in [0.25, 0.3) is 16.6 Å². The maximum atomic E-state index is 12.8. The number of nitrogens with zero attached hydrogens (tertiary/aromatic N) is 2. The lowest BCUT2D eigenvalue weighted by atomic mass is 10.2. The Labute approximate surface area is 149 Å². The van der Waals surface area contributed by atoms with Gasteiger partial charge in [0.15, 0.2) is 0 Å². The molecule has 5 heteroatoms. The van der Waals surface area contributed by atoms with Crippen LogP contribution >= 0.6 is 11.6 Å². The third kappa shape index (κ3) is 3.02. The van der Waals surface area contributed by atoms with Gasteiger partial charge in [-0.25, -0.2) is 9.36 Å². The standard InChI is InChI=1S/C20H15ClN2O2/c1-3-4-5-8-14-11-12-18(16(21)13-14)23-19(24)15-9-6-7-10-17(15)22(2)20(23)25/h3-4,6-7,9-13H,1-2H3. The van der Waals surface area contributed by atoms with Crippen LogP contribution in [0, 0.1) is 11.8 Å². The fourth-order valence-corrected chi connectivity index (χ4v) is 2.86. The fraction of sp³-hybridized carbons (Fsp3) is 0.100. The third-order valence-electron chi connectivity index (χ3n) is 3.83. The molecule has 2 aromatic carbocycles. The van der Waals surface area contributed by atoms with Crippen molar-refractivity contribution in [3.63, 3.8) is 0 Å². The Kier molecular flexibility index (Phi) is 4.60. The predicted octanol–water partition coefficient (Wildman–Crippen LogP) is 3.27. The van der Waals surface area contributed by atoms with E-state index in [1.165, 1.54) is 4.57 Å². The van der Waals surface area contributed by atoms with Crippen molar-refractivity contribution in [2.75, 3.05) is 0 Å². The van der Waals surface area contributed by atoms with Gasteiger partial charge in [0.1, 0.15) is 0 Å². The zero-order valence-corrected chi connectivity index (χ0v) is 14.5. The van der Waals surface area contributed by atoms with Gasteiger partial charge in [-0.3, -0.25) is 9.36 Å². The van der Waals surface area contributed by atoms with Gasteiger partial charge in [0.05, 0.1) is 21.6 Å². The van der Waals surface area contributed by atoms with E-state index in [1.54, 1.807) is 55.6 Å². The maximum Gasteiger partial charge on any atom is 0.335 e. The minimum Gasteiger partial charge on any atom is -0.296 e. The van der Waals surface area contributed by atoms with Crippen molar-refractivity contribution in [3.8, 4) is 17.5 Å². The number of aryl methyl sites for hydroxylation is 1. The van der Waals surface area contributed by atoms with E-state index in [2.05, 4.69) is 11.8 Å². The second-order valence-electron chi connectivity index (χ2n) is 5.43. The number of aromatic nitrogens is 2. The van der Waals surface area contributed by atoms with E-state index in [0.717, 1.165) is 4.57 Å². The van der Waals surface area contributed by atoms with Crippen LogP contribution in [0.2, 0.25) is 5.02 Å². The lowest BCUT2D eigenvalue weighted by Crippen LogP contribution is -2.38. The summed E-state index contributed by atoms with van der Waals surface area (Å²) in [5.74, 6) is 5.81. The van der Waals surface area contributed by atoms with Crippen molar-refractivity contribution in [2.45, 2.75) is 6.92 Å². The highest BCUT2D eigenvalue weighted by atomic mass is 35.5. The Morgan fingerprint density at radius 1 is 1.12 bits per heavy atom. The molecule has 0 unspecified atom stereocenters. The van der Waals surface area contributed by atoms with Gasteiger partial charge in [-0.15, -0.1) is 0 Å². The van der Waals surface area contributed by atoms with E-state index in [9.17, 15) is 9.59 Å². The zero-order chi connectivity index (χ0) is 18.0.